The van der Waals surface area contributed by atoms with Crippen LogP contribution in [0.2, 0.25) is 0 Å². The fourth-order valence-corrected chi connectivity index (χ4v) is 6.02. The van der Waals surface area contributed by atoms with Crippen LogP contribution in [0.4, 0.5) is 0 Å². The van der Waals surface area contributed by atoms with Crippen LogP contribution in [0.3, 0.4) is 0 Å². The highest BCUT2D eigenvalue weighted by atomic mass is 32.1. The van der Waals surface area contributed by atoms with Crippen molar-refractivity contribution in [2.75, 3.05) is 0 Å². The van der Waals surface area contributed by atoms with Crippen molar-refractivity contribution in [2.45, 2.75) is 71.0 Å². The van der Waals surface area contributed by atoms with Crippen LogP contribution in [0.5, 0.6) is 0 Å². The summed E-state index contributed by atoms with van der Waals surface area (Å²) in [4.78, 5) is 7.23. The van der Waals surface area contributed by atoms with Gasteiger partial charge in [0.15, 0.2) is 5.11 Å². The number of pyridine rings is 1. The van der Waals surface area contributed by atoms with Gasteiger partial charge in [0, 0.05) is 29.3 Å². The van der Waals surface area contributed by atoms with Crippen LogP contribution in [-0.4, -0.2) is 25.6 Å². The predicted molar refractivity (Wildman–Crippen MR) is 134 cm³/mol. The average Bonchev–Trinajstić information content (AvgIpc) is 3.31. The van der Waals surface area contributed by atoms with Gasteiger partial charge in [-0.25, -0.2) is 0 Å². The summed E-state index contributed by atoms with van der Waals surface area (Å²) >= 11 is 5.95. The molecule has 1 saturated carbocycles. The van der Waals surface area contributed by atoms with Crippen molar-refractivity contribution in [3.63, 3.8) is 0 Å². The number of nitrogens with zero attached hydrogens (tertiary/aromatic N) is 3. The number of nitrogens with one attached hydrogen (secondary N) is 1. The Morgan fingerprint density at radius 1 is 0.969 bits per heavy atom. The summed E-state index contributed by atoms with van der Waals surface area (Å²) in [6, 6.07) is 18.0. The van der Waals surface area contributed by atoms with Gasteiger partial charge in [0.05, 0.1) is 17.8 Å². The third-order valence-electron chi connectivity index (χ3n) is 7.18. The first-order valence-electron chi connectivity index (χ1n) is 11.8. The predicted octanol–water partition coefficient (Wildman–Crippen LogP) is 6.10. The minimum absolute atomic E-state index is 0.0533. The minimum atomic E-state index is 0.0533. The molecule has 0 bridgehead atoms. The molecule has 0 unspecified atom stereocenters. The third-order valence-corrected chi connectivity index (χ3v) is 7.51. The number of benzene rings is 1. The van der Waals surface area contributed by atoms with Crippen LogP contribution in [0, 0.1) is 20.8 Å². The monoisotopic (exact) mass is 444 g/mol. The van der Waals surface area contributed by atoms with E-state index >= 15 is 0 Å². The van der Waals surface area contributed by atoms with Crippen LogP contribution < -0.4 is 5.32 Å². The van der Waals surface area contributed by atoms with E-state index in [1.54, 1.807) is 0 Å². The highest BCUT2D eigenvalue weighted by molar-refractivity contribution is 7.80. The maximum Gasteiger partial charge on any atom is 0.170 e. The molecule has 1 N–H and O–H groups in total. The van der Waals surface area contributed by atoms with Gasteiger partial charge in [0.2, 0.25) is 0 Å². The second-order valence-electron chi connectivity index (χ2n) is 9.32. The molecule has 1 aliphatic heterocycles. The molecule has 3 aromatic rings. The van der Waals surface area contributed by atoms with Crippen molar-refractivity contribution in [3.8, 4) is 5.69 Å². The molecule has 0 amide bonds. The number of aromatic nitrogens is 2. The van der Waals surface area contributed by atoms with E-state index in [4.69, 9.17) is 17.2 Å². The molecular weight excluding hydrogens is 412 g/mol. The molecule has 32 heavy (non-hydrogen) atoms. The molecule has 0 radical (unpaired) electrons. The number of aryl methyl sites for hydroxylation is 2. The van der Waals surface area contributed by atoms with E-state index in [2.05, 4.69) is 78.0 Å². The standard InChI is InChI=1S/C27H32N4S/c1-18-12-14-22(15-13-18)30-19(2)17-23(20(30)3)26-25(24-11-7-8-16-28-24)29-27(32)31(26)21-9-5-4-6-10-21/h7-8,11-17,21,25-26H,4-6,9-10H2,1-3H3,(H,29,32)/t25-,26+/m0/s1. The second kappa shape index (κ2) is 8.70. The Hall–Kier alpha value is -2.66. The molecule has 5 heteroatoms. The number of rotatable bonds is 4. The fourth-order valence-electron chi connectivity index (χ4n) is 5.63. The lowest BCUT2D eigenvalue weighted by atomic mass is 9.90. The van der Waals surface area contributed by atoms with Gasteiger partial charge in [-0.2, -0.15) is 0 Å². The molecule has 1 saturated heterocycles. The van der Waals surface area contributed by atoms with E-state index in [0.717, 1.165) is 10.8 Å². The Morgan fingerprint density at radius 2 is 1.72 bits per heavy atom. The maximum atomic E-state index is 5.95. The molecule has 3 heterocycles. The van der Waals surface area contributed by atoms with Crippen molar-refractivity contribution in [1.82, 2.24) is 19.8 Å². The topological polar surface area (TPSA) is 33.1 Å². The first kappa shape index (κ1) is 21.2. The normalized spacial score (nSPS) is 21.7. The molecule has 0 spiro atoms. The third kappa shape index (κ3) is 3.73. The zero-order valence-corrected chi connectivity index (χ0v) is 20.0. The summed E-state index contributed by atoms with van der Waals surface area (Å²) in [7, 11) is 0. The molecule has 1 aromatic carbocycles. The molecule has 2 fully saturated rings. The van der Waals surface area contributed by atoms with Crippen molar-refractivity contribution < 1.29 is 0 Å². The van der Waals surface area contributed by atoms with Crippen molar-refractivity contribution in [3.05, 3.63) is 82.9 Å². The Balaban J connectivity index is 1.62. The molecule has 4 nitrogen and oxygen atoms in total. The van der Waals surface area contributed by atoms with Crippen LogP contribution in [0.25, 0.3) is 5.69 Å². The van der Waals surface area contributed by atoms with Gasteiger partial charge in [-0.3, -0.25) is 4.98 Å². The first-order chi connectivity index (χ1) is 15.5. The van der Waals surface area contributed by atoms with Crippen molar-refractivity contribution in [2.24, 2.45) is 0 Å². The van der Waals surface area contributed by atoms with Crippen LogP contribution in [0.1, 0.15) is 72.4 Å². The molecule has 2 aromatic heterocycles. The number of hydrogen-bond donors (Lipinski definition) is 1. The molecule has 5 rings (SSSR count). The Bertz CT molecular complexity index is 1100. The molecule has 2 aliphatic rings. The number of thiocarbonyl (C=S) groups is 1. The van der Waals surface area contributed by atoms with E-state index in [1.807, 2.05) is 12.3 Å². The summed E-state index contributed by atoms with van der Waals surface area (Å²) in [5.41, 5.74) is 7.42. The van der Waals surface area contributed by atoms with Gasteiger partial charge >= 0.3 is 0 Å². The lowest BCUT2D eigenvalue weighted by Gasteiger charge is -2.37. The number of hydrogen-bond acceptors (Lipinski definition) is 2. The SMILES string of the molecule is Cc1ccc(-n2c(C)cc([C@@H]3[C@H](c4ccccn4)NC(=S)N3C3CCCCC3)c2C)cc1. The van der Waals surface area contributed by atoms with Crippen LogP contribution in [-0.2, 0) is 0 Å². The fraction of sp³-hybridized carbons (Fsp3) is 0.407. The molecule has 2 atom stereocenters. The van der Waals surface area contributed by atoms with E-state index in [0.29, 0.717) is 6.04 Å². The smallest absolute Gasteiger partial charge is 0.170 e. The summed E-state index contributed by atoms with van der Waals surface area (Å²) in [5.74, 6) is 0. The van der Waals surface area contributed by atoms with Gasteiger partial charge in [0.1, 0.15) is 0 Å². The summed E-state index contributed by atoms with van der Waals surface area (Å²) in [6.45, 7) is 6.59. The molecular formula is C27H32N4S. The molecule has 1 aliphatic carbocycles. The zero-order chi connectivity index (χ0) is 22.2. The minimum Gasteiger partial charge on any atom is -0.352 e. The Labute approximate surface area is 196 Å². The molecule has 166 valence electrons. The Kier molecular flexibility index (Phi) is 5.76. The van der Waals surface area contributed by atoms with Crippen molar-refractivity contribution in [1.29, 1.82) is 0 Å². The summed E-state index contributed by atoms with van der Waals surface area (Å²) in [6.07, 6.45) is 8.21. The second-order valence-corrected chi connectivity index (χ2v) is 9.71. The quantitative estimate of drug-likeness (QED) is 0.493. The average molecular weight is 445 g/mol. The highest BCUT2D eigenvalue weighted by Gasteiger charge is 2.44. The maximum absolute atomic E-state index is 5.95. The van der Waals surface area contributed by atoms with Crippen LogP contribution >= 0.6 is 12.2 Å². The highest BCUT2D eigenvalue weighted by Crippen LogP contribution is 2.44. The van der Waals surface area contributed by atoms with E-state index in [1.165, 1.54) is 60.3 Å². The Morgan fingerprint density at radius 3 is 2.41 bits per heavy atom. The van der Waals surface area contributed by atoms with Gasteiger partial charge in [-0.1, -0.05) is 43.0 Å². The van der Waals surface area contributed by atoms with E-state index in [-0.39, 0.29) is 12.1 Å². The van der Waals surface area contributed by atoms with Gasteiger partial charge in [0.25, 0.3) is 0 Å². The largest absolute Gasteiger partial charge is 0.352 e. The van der Waals surface area contributed by atoms with Crippen LogP contribution in [0.15, 0.2) is 54.7 Å². The van der Waals surface area contributed by atoms with Gasteiger partial charge in [-0.05, 0) is 81.7 Å². The zero-order valence-electron chi connectivity index (χ0n) is 19.2. The van der Waals surface area contributed by atoms with E-state index < -0.39 is 0 Å². The summed E-state index contributed by atoms with van der Waals surface area (Å²) in [5, 5.41) is 4.53. The van der Waals surface area contributed by atoms with Crippen molar-refractivity contribution >= 4 is 17.3 Å². The lowest BCUT2D eigenvalue weighted by molar-refractivity contribution is 0.197. The summed E-state index contributed by atoms with van der Waals surface area (Å²) < 4.78 is 2.38. The van der Waals surface area contributed by atoms with Gasteiger partial charge < -0.3 is 14.8 Å². The first-order valence-corrected chi connectivity index (χ1v) is 12.2. The van der Waals surface area contributed by atoms with Gasteiger partial charge in [-0.15, -0.1) is 0 Å². The van der Waals surface area contributed by atoms with E-state index in [9.17, 15) is 0 Å². The lowest BCUT2D eigenvalue weighted by Crippen LogP contribution is -2.40.